The first kappa shape index (κ1) is 38.0. The second kappa shape index (κ2) is 15.9. The van der Waals surface area contributed by atoms with Crippen LogP contribution in [0, 0.1) is 12.8 Å². The SMILES string of the molecule is Cc1sc(NC(=O)Cc2cccc(OCCN(C)CCNc3cccc4c3C(=O)N(C3CCC(=O)NC3=O)C4=O)c2)nc1-c1ccc2c(c1)CCN2C(=O)C1CC1. The molecule has 57 heavy (non-hydrogen) atoms. The number of nitrogens with zero attached hydrogens (tertiary/aromatic N) is 4. The highest BCUT2D eigenvalue weighted by molar-refractivity contribution is 7.16. The summed E-state index contributed by atoms with van der Waals surface area (Å²) < 4.78 is 6.02. The highest BCUT2D eigenvalue weighted by Crippen LogP contribution is 2.39. The lowest BCUT2D eigenvalue weighted by Crippen LogP contribution is -2.54. The fourth-order valence-electron chi connectivity index (χ4n) is 7.62. The summed E-state index contributed by atoms with van der Waals surface area (Å²) >= 11 is 1.44. The van der Waals surface area contributed by atoms with Crippen LogP contribution in [-0.4, -0.2) is 96.1 Å². The lowest BCUT2D eigenvalue weighted by Gasteiger charge is -2.27. The minimum absolute atomic E-state index is 0.0614. The van der Waals surface area contributed by atoms with E-state index in [1.54, 1.807) is 18.2 Å². The molecule has 1 aromatic heterocycles. The molecular formula is C42H43N7O7S. The molecule has 14 nitrogen and oxygen atoms in total. The topological polar surface area (TPSA) is 170 Å². The molecule has 8 rings (SSSR count). The Morgan fingerprint density at radius 3 is 2.61 bits per heavy atom. The Labute approximate surface area is 333 Å². The molecule has 4 aliphatic rings. The van der Waals surface area contributed by atoms with Crippen molar-refractivity contribution in [2.24, 2.45) is 5.92 Å². The fourth-order valence-corrected chi connectivity index (χ4v) is 8.47. The number of carbonyl (C=O) groups is 6. The van der Waals surface area contributed by atoms with Crippen molar-refractivity contribution in [3.8, 4) is 17.0 Å². The summed E-state index contributed by atoms with van der Waals surface area (Å²) in [4.78, 5) is 87.0. The van der Waals surface area contributed by atoms with Crippen molar-refractivity contribution in [2.45, 2.75) is 51.5 Å². The molecule has 6 amide bonds. The highest BCUT2D eigenvalue weighted by atomic mass is 32.1. The fraction of sp³-hybridized carbons (Fsp3) is 0.357. The Bertz CT molecular complexity index is 2300. The molecule has 4 aromatic rings. The number of ether oxygens (including phenoxy) is 1. The molecule has 1 saturated carbocycles. The molecule has 294 valence electrons. The molecule has 2 fully saturated rings. The molecule has 0 radical (unpaired) electrons. The number of hydrogen-bond acceptors (Lipinski definition) is 11. The van der Waals surface area contributed by atoms with Gasteiger partial charge in [0.15, 0.2) is 5.13 Å². The number of nitrogens with one attached hydrogen (secondary N) is 3. The number of rotatable bonds is 14. The number of hydrogen-bond donors (Lipinski definition) is 3. The lowest BCUT2D eigenvalue weighted by molar-refractivity contribution is -0.136. The van der Waals surface area contributed by atoms with Crippen LogP contribution in [0.1, 0.15) is 62.4 Å². The van der Waals surface area contributed by atoms with Gasteiger partial charge < -0.3 is 25.2 Å². The number of benzene rings is 3. The normalized spacial score (nSPS) is 17.5. The van der Waals surface area contributed by atoms with E-state index in [1.165, 1.54) is 11.3 Å². The second-order valence-electron chi connectivity index (χ2n) is 14.9. The first-order valence-corrected chi connectivity index (χ1v) is 20.1. The average Bonchev–Trinajstić information content (AvgIpc) is 3.78. The van der Waals surface area contributed by atoms with Crippen molar-refractivity contribution in [2.75, 3.05) is 55.4 Å². The van der Waals surface area contributed by atoms with Gasteiger partial charge in [-0.25, -0.2) is 4.98 Å². The van der Waals surface area contributed by atoms with Gasteiger partial charge in [-0.15, -0.1) is 11.3 Å². The zero-order valence-electron chi connectivity index (χ0n) is 31.8. The number of likely N-dealkylation sites (N-methyl/N-ethyl adjacent to an activating group) is 1. The standard InChI is InChI=1S/C42H43N7O7S/c1-24-37(28-11-12-32-27(23-28)15-17-48(32)39(53)26-9-10-26)46-42(57-24)45-35(51)22-25-5-3-6-29(21-25)56-20-19-47(2)18-16-43-31-8-4-7-30-36(31)41(55)49(40(30)54)33-13-14-34(50)44-38(33)52/h3-8,11-12,21,23,26,33,43H,9-10,13-20,22H2,1-2H3,(H,44,50,52)(H,45,46,51). The molecule has 3 N–H and O–H groups in total. The molecule has 1 atom stereocenters. The van der Waals surface area contributed by atoms with Gasteiger partial charge in [0.25, 0.3) is 11.8 Å². The quantitative estimate of drug-likeness (QED) is 0.156. The molecule has 1 aliphatic carbocycles. The Kier molecular flexibility index (Phi) is 10.6. The van der Waals surface area contributed by atoms with E-state index >= 15 is 0 Å². The zero-order chi connectivity index (χ0) is 39.8. The number of amides is 6. The number of fused-ring (bicyclic) bond motifs is 2. The first-order chi connectivity index (χ1) is 27.5. The zero-order valence-corrected chi connectivity index (χ0v) is 32.6. The molecule has 0 bridgehead atoms. The predicted molar refractivity (Wildman–Crippen MR) is 214 cm³/mol. The van der Waals surface area contributed by atoms with Crippen LogP contribution < -0.4 is 25.6 Å². The second-order valence-corrected chi connectivity index (χ2v) is 16.1. The molecule has 0 spiro atoms. The van der Waals surface area contributed by atoms with E-state index in [-0.39, 0.29) is 48.1 Å². The van der Waals surface area contributed by atoms with Crippen molar-refractivity contribution in [3.05, 3.63) is 87.8 Å². The summed E-state index contributed by atoms with van der Waals surface area (Å²) in [5.41, 5.74) is 5.72. The monoisotopic (exact) mass is 789 g/mol. The van der Waals surface area contributed by atoms with Gasteiger partial charge in [0.1, 0.15) is 18.4 Å². The van der Waals surface area contributed by atoms with Gasteiger partial charge in [-0.2, -0.15) is 0 Å². The van der Waals surface area contributed by atoms with E-state index in [9.17, 15) is 28.8 Å². The van der Waals surface area contributed by atoms with Gasteiger partial charge in [-0.1, -0.05) is 24.3 Å². The molecule has 3 aliphatic heterocycles. The van der Waals surface area contributed by atoms with Crippen LogP contribution in [0.2, 0.25) is 0 Å². The van der Waals surface area contributed by atoms with Gasteiger partial charge in [0.05, 0.1) is 23.2 Å². The summed E-state index contributed by atoms with van der Waals surface area (Å²) in [5, 5.41) is 8.97. The van der Waals surface area contributed by atoms with Crippen LogP contribution in [0.15, 0.2) is 60.7 Å². The van der Waals surface area contributed by atoms with Crippen LogP contribution in [0.25, 0.3) is 11.3 Å². The van der Waals surface area contributed by atoms with E-state index in [2.05, 4.69) is 26.9 Å². The van der Waals surface area contributed by atoms with E-state index in [1.807, 2.05) is 55.3 Å². The Hall–Kier alpha value is -5.93. The summed E-state index contributed by atoms with van der Waals surface area (Å²) in [6.07, 6.45) is 3.12. The summed E-state index contributed by atoms with van der Waals surface area (Å²) in [6.45, 7) is 4.81. The van der Waals surface area contributed by atoms with Crippen LogP contribution in [0.3, 0.4) is 0 Å². The molecule has 15 heteroatoms. The number of piperidine rings is 1. The number of carbonyl (C=O) groups excluding carboxylic acids is 6. The molecule has 4 heterocycles. The van der Waals surface area contributed by atoms with E-state index in [0.29, 0.717) is 42.8 Å². The minimum atomic E-state index is -1.02. The van der Waals surface area contributed by atoms with Gasteiger partial charge in [-0.05, 0) is 87.2 Å². The summed E-state index contributed by atoms with van der Waals surface area (Å²) in [6, 6.07) is 17.6. The number of imide groups is 2. The Balaban J connectivity index is 0.791. The van der Waals surface area contributed by atoms with Crippen LogP contribution in [-0.2, 0) is 32.0 Å². The largest absolute Gasteiger partial charge is 0.492 e. The molecule has 3 aromatic carbocycles. The van der Waals surface area contributed by atoms with Crippen molar-refractivity contribution in [1.82, 2.24) is 20.1 Å². The number of aromatic nitrogens is 1. The van der Waals surface area contributed by atoms with E-state index < -0.39 is 29.7 Å². The van der Waals surface area contributed by atoms with Gasteiger partial charge in [0, 0.05) is 60.3 Å². The lowest BCUT2D eigenvalue weighted by atomic mass is 10.0. The maximum atomic E-state index is 13.4. The maximum absolute atomic E-state index is 13.4. The van der Waals surface area contributed by atoms with Crippen LogP contribution in [0.4, 0.5) is 16.5 Å². The minimum Gasteiger partial charge on any atom is -0.492 e. The third-order valence-corrected chi connectivity index (χ3v) is 11.7. The van der Waals surface area contributed by atoms with Crippen molar-refractivity contribution < 1.29 is 33.5 Å². The molecule has 1 unspecified atom stereocenters. The number of anilines is 3. The summed E-state index contributed by atoms with van der Waals surface area (Å²) in [7, 11) is 1.95. The Morgan fingerprint density at radius 1 is 0.982 bits per heavy atom. The van der Waals surface area contributed by atoms with Crippen molar-refractivity contribution in [3.63, 3.8) is 0 Å². The third kappa shape index (κ3) is 8.03. The highest BCUT2D eigenvalue weighted by Gasteiger charge is 2.45. The van der Waals surface area contributed by atoms with Crippen molar-refractivity contribution in [1.29, 1.82) is 0 Å². The maximum Gasteiger partial charge on any atom is 0.264 e. The van der Waals surface area contributed by atoms with Gasteiger partial charge >= 0.3 is 0 Å². The van der Waals surface area contributed by atoms with Crippen LogP contribution in [0.5, 0.6) is 5.75 Å². The molecular weight excluding hydrogens is 747 g/mol. The van der Waals surface area contributed by atoms with Gasteiger partial charge in [-0.3, -0.25) is 39.0 Å². The third-order valence-electron chi connectivity index (χ3n) is 10.8. The van der Waals surface area contributed by atoms with E-state index in [0.717, 1.165) is 63.7 Å². The van der Waals surface area contributed by atoms with E-state index in [4.69, 9.17) is 9.72 Å². The van der Waals surface area contributed by atoms with Gasteiger partial charge in [0.2, 0.25) is 23.6 Å². The number of thiazole rings is 1. The van der Waals surface area contributed by atoms with Crippen LogP contribution >= 0.6 is 11.3 Å². The summed E-state index contributed by atoms with van der Waals surface area (Å²) in [5.74, 6) is -1.26. The molecule has 1 saturated heterocycles. The first-order valence-electron chi connectivity index (χ1n) is 19.2. The smallest absolute Gasteiger partial charge is 0.264 e. The van der Waals surface area contributed by atoms with Crippen molar-refractivity contribution >= 4 is 63.3 Å². The number of aryl methyl sites for hydroxylation is 1. The predicted octanol–water partition coefficient (Wildman–Crippen LogP) is 4.42. The Morgan fingerprint density at radius 2 is 1.81 bits per heavy atom. The average molecular weight is 790 g/mol.